The zero-order valence-corrected chi connectivity index (χ0v) is 15.8. The Labute approximate surface area is 163 Å². The van der Waals surface area contributed by atoms with Crippen LogP contribution in [0.2, 0.25) is 0 Å². The van der Waals surface area contributed by atoms with E-state index in [1.165, 1.54) is 29.2 Å². The topological polar surface area (TPSA) is 96.5 Å². The van der Waals surface area contributed by atoms with Gasteiger partial charge in [-0.15, -0.1) is 0 Å². The van der Waals surface area contributed by atoms with Gasteiger partial charge in [-0.3, -0.25) is 14.5 Å². The summed E-state index contributed by atoms with van der Waals surface area (Å²) in [5, 5.41) is 3.34. The van der Waals surface area contributed by atoms with E-state index in [0.29, 0.717) is 18.8 Å². The van der Waals surface area contributed by atoms with Crippen LogP contribution in [0.15, 0.2) is 36.7 Å². The standard InChI is InChI=1S/C19H25FN6O2/c1-24-10-8-23-19(24)16-12-22-7-11-25(16)13-18(28)26(9-6-17(21)27)15-4-2-14(20)3-5-15/h2-5,8,10,16,22H,6-7,9,11-13H2,1H3,(H2,21,27). The number of piperazine rings is 1. The van der Waals surface area contributed by atoms with Crippen molar-refractivity contribution in [2.75, 3.05) is 37.6 Å². The largest absolute Gasteiger partial charge is 0.370 e. The number of nitrogens with zero attached hydrogens (tertiary/aromatic N) is 4. The van der Waals surface area contributed by atoms with Crippen molar-refractivity contribution >= 4 is 17.5 Å². The molecule has 0 bridgehead atoms. The SMILES string of the molecule is Cn1ccnc1C1CNCCN1CC(=O)N(CCC(N)=O)c1ccc(F)cc1. The molecular formula is C19H25FN6O2. The van der Waals surface area contributed by atoms with Gasteiger partial charge in [-0.1, -0.05) is 0 Å². The monoisotopic (exact) mass is 388 g/mol. The number of benzene rings is 1. The van der Waals surface area contributed by atoms with Gasteiger partial charge < -0.3 is 20.5 Å². The Morgan fingerprint density at radius 3 is 2.75 bits per heavy atom. The van der Waals surface area contributed by atoms with E-state index in [2.05, 4.69) is 15.2 Å². The maximum absolute atomic E-state index is 13.3. The molecule has 1 aromatic heterocycles. The van der Waals surface area contributed by atoms with Crippen molar-refractivity contribution < 1.29 is 14.0 Å². The van der Waals surface area contributed by atoms with Crippen LogP contribution in [0.4, 0.5) is 10.1 Å². The molecule has 1 saturated heterocycles. The summed E-state index contributed by atoms with van der Waals surface area (Å²) < 4.78 is 15.2. The van der Waals surface area contributed by atoms with E-state index in [1.807, 2.05) is 17.8 Å². The van der Waals surface area contributed by atoms with Crippen LogP contribution in [0.5, 0.6) is 0 Å². The predicted molar refractivity (Wildman–Crippen MR) is 103 cm³/mol. The van der Waals surface area contributed by atoms with Gasteiger partial charge in [0.1, 0.15) is 11.6 Å². The van der Waals surface area contributed by atoms with Crippen LogP contribution in [-0.4, -0.2) is 59.0 Å². The number of rotatable bonds is 7. The number of hydrogen-bond acceptors (Lipinski definition) is 5. The summed E-state index contributed by atoms with van der Waals surface area (Å²) >= 11 is 0. The second kappa shape index (κ2) is 8.94. The first kappa shape index (κ1) is 20.0. The lowest BCUT2D eigenvalue weighted by Gasteiger charge is -2.36. The molecule has 3 rings (SSSR count). The highest BCUT2D eigenvalue weighted by Gasteiger charge is 2.30. The number of hydrogen-bond donors (Lipinski definition) is 2. The number of nitrogens with two attached hydrogens (primary N) is 1. The summed E-state index contributed by atoms with van der Waals surface area (Å²) in [4.78, 5) is 32.3. The number of anilines is 1. The third-order valence-corrected chi connectivity index (χ3v) is 4.87. The fourth-order valence-corrected chi connectivity index (χ4v) is 3.39. The molecule has 1 atom stereocenters. The van der Waals surface area contributed by atoms with E-state index in [0.717, 1.165) is 12.4 Å². The average molecular weight is 388 g/mol. The van der Waals surface area contributed by atoms with E-state index in [4.69, 9.17) is 5.73 Å². The number of amides is 2. The molecule has 0 aliphatic carbocycles. The first-order chi connectivity index (χ1) is 13.5. The summed E-state index contributed by atoms with van der Waals surface area (Å²) in [6, 6.07) is 5.61. The molecule has 2 heterocycles. The first-order valence-electron chi connectivity index (χ1n) is 9.22. The van der Waals surface area contributed by atoms with E-state index in [-0.39, 0.29) is 37.3 Å². The Bertz CT molecular complexity index is 822. The second-order valence-corrected chi connectivity index (χ2v) is 6.82. The van der Waals surface area contributed by atoms with Gasteiger partial charge >= 0.3 is 0 Å². The number of carbonyl (C=O) groups excluding carboxylic acids is 2. The van der Waals surface area contributed by atoms with Crippen molar-refractivity contribution in [3.8, 4) is 0 Å². The molecule has 1 fully saturated rings. The Morgan fingerprint density at radius 1 is 1.36 bits per heavy atom. The zero-order valence-electron chi connectivity index (χ0n) is 15.8. The molecule has 9 heteroatoms. The van der Waals surface area contributed by atoms with Gasteiger partial charge in [0.2, 0.25) is 11.8 Å². The van der Waals surface area contributed by atoms with Gasteiger partial charge in [0, 0.05) is 57.7 Å². The molecule has 8 nitrogen and oxygen atoms in total. The van der Waals surface area contributed by atoms with Crippen LogP contribution >= 0.6 is 0 Å². The maximum Gasteiger partial charge on any atom is 0.241 e. The van der Waals surface area contributed by atoms with Crippen molar-refractivity contribution in [3.63, 3.8) is 0 Å². The molecule has 2 aromatic rings. The van der Waals surface area contributed by atoms with Crippen LogP contribution < -0.4 is 16.0 Å². The summed E-state index contributed by atoms with van der Waals surface area (Å²) in [6.45, 7) is 2.46. The molecule has 2 amide bonds. The van der Waals surface area contributed by atoms with Crippen LogP contribution in [0.3, 0.4) is 0 Å². The fourth-order valence-electron chi connectivity index (χ4n) is 3.39. The summed E-state index contributed by atoms with van der Waals surface area (Å²) in [6.07, 6.45) is 3.65. The molecule has 1 aliphatic heterocycles. The second-order valence-electron chi connectivity index (χ2n) is 6.82. The van der Waals surface area contributed by atoms with E-state index < -0.39 is 5.91 Å². The molecule has 1 aliphatic rings. The minimum Gasteiger partial charge on any atom is -0.370 e. The van der Waals surface area contributed by atoms with E-state index in [9.17, 15) is 14.0 Å². The maximum atomic E-state index is 13.3. The summed E-state index contributed by atoms with van der Waals surface area (Å²) in [7, 11) is 1.93. The molecule has 1 unspecified atom stereocenters. The number of carbonyl (C=O) groups is 2. The van der Waals surface area contributed by atoms with Gasteiger partial charge in [0.15, 0.2) is 0 Å². The number of aryl methyl sites for hydroxylation is 1. The molecule has 0 radical (unpaired) electrons. The number of aromatic nitrogens is 2. The first-order valence-corrected chi connectivity index (χ1v) is 9.22. The number of primary amides is 1. The molecule has 0 spiro atoms. The highest BCUT2D eigenvalue weighted by atomic mass is 19.1. The van der Waals surface area contributed by atoms with Crippen molar-refractivity contribution in [1.82, 2.24) is 19.8 Å². The normalized spacial score (nSPS) is 17.4. The molecular weight excluding hydrogens is 363 g/mol. The minimum atomic E-state index is -0.493. The van der Waals surface area contributed by atoms with Gasteiger partial charge in [0.05, 0.1) is 12.6 Å². The Balaban J connectivity index is 1.78. The summed E-state index contributed by atoms with van der Waals surface area (Å²) in [5.74, 6) is -0.171. The fraction of sp³-hybridized carbons (Fsp3) is 0.421. The van der Waals surface area contributed by atoms with Gasteiger partial charge in [-0.25, -0.2) is 9.37 Å². The van der Waals surface area contributed by atoms with Crippen LogP contribution in [0, 0.1) is 5.82 Å². The highest BCUT2D eigenvalue weighted by Crippen LogP contribution is 2.22. The Kier molecular flexibility index (Phi) is 6.37. The third kappa shape index (κ3) is 4.73. The number of imidazole rings is 1. The lowest BCUT2D eigenvalue weighted by Crippen LogP contribution is -2.51. The van der Waals surface area contributed by atoms with Crippen molar-refractivity contribution in [2.45, 2.75) is 12.5 Å². The molecule has 3 N–H and O–H groups in total. The van der Waals surface area contributed by atoms with Gasteiger partial charge in [-0.05, 0) is 24.3 Å². The smallest absolute Gasteiger partial charge is 0.241 e. The van der Waals surface area contributed by atoms with Crippen LogP contribution in [0.1, 0.15) is 18.3 Å². The Hall–Kier alpha value is -2.78. The van der Waals surface area contributed by atoms with Crippen molar-refractivity contribution in [3.05, 3.63) is 48.3 Å². The van der Waals surface area contributed by atoms with Gasteiger partial charge in [0.25, 0.3) is 0 Å². The average Bonchev–Trinajstić information content (AvgIpc) is 3.09. The third-order valence-electron chi connectivity index (χ3n) is 4.87. The lowest BCUT2D eigenvalue weighted by atomic mass is 10.1. The summed E-state index contributed by atoms with van der Waals surface area (Å²) in [5.41, 5.74) is 5.80. The predicted octanol–water partition coefficient (Wildman–Crippen LogP) is 0.414. The van der Waals surface area contributed by atoms with Crippen LogP contribution in [-0.2, 0) is 16.6 Å². The van der Waals surface area contributed by atoms with Crippen molar-refractivity contribution in [1.29, 1.82) is 0 Å². The van der Waals surface area contributed by atoms with Crippen molar-refractivity contribution in [2.24, 2.45) is 12.8 Å². The van der Waals surface area contributed by atoms with E-state index in [1.54, 1.807) is 6.20 Å². The molecule has 28 heavy (non-hydrogen) atoms. The van der Waals surface area contributed by atoms with Gasteiger partial charge in [-0.2, -0.15) is 0 Å². The minimum absolute atomic E-state index is 0.0352. The van der Waals surface area contributed by atoms with Crippen LogP contribution in [0.25, 0.3) is 0 Å². The number of nitrogens with one attached hydrogen (secondary N) is 1. The zero-order chi connectivity index (χ0) is 20.1. The highest BCUT2D eigenvalue weighted by molar-refractivity contribution is 5.95. The molecule has 150 valence electrons. The quantitative estimate of drug-likeness (QED) is 0.716. The molecule has 1 aromatic carbocycles. The molecule has 0 saturated carbocycles. The Morgan fingerprint density at radius 2 is 2.11 bits per heavy atom. The number of halogens is 1. The lowest BCUT2D eigenvalue weighted by molar-refractivity contribution is -0.120. The van der Waals surface area contributed by atoms with E-state index >= 15 is 0 Å².